The molecule has 138 valence electrons. The van der Waals surface area contributed by atoms with Crippen LogP contribution in [0, 0.1) is 0 Å². The summed E-state index contributed by atoms with van der Waals surface area (Å²) in [6.07, 6.45) is -3.90. The predicted octanol–water partition coefficient (Wildman–Crippen LogP) is 2.40. The largest absolute Gasteiger partial charge is 0.401 e. The Morgan fingerprint density at radius 1 is 1.04 bits per heavy atom. The zero-order valence-electron chi connectivity index (χ0n) is 14.1. The lowest BCUT2D eigenvalue weighted by atomic mass is 10.1. The summed E-state index contributed by atoms with van der Waals surface area (Å²) >= 11 is 0. The fourth-order valence-corrected chi connectivity index (χ4v) is 2.70. The van der Waals surface area contributed by atoms with E-state index >= 15 is 0 Å². The van der Waals surface area contributed by atoms with Crippen LogP contribution in [-0.4, -0.2) is 66.9 Å². The molecule has 0 aromatic heterocycles. The zero-order chi connectivity index (χ0) is 18.4. The van der Waals surface area contributed by atoms with Gasteiger partial charge in [0.2, 0.25) is 5.91 Å². The van der Waals surface area contributed by atoms with E-state index in [-0.39, 0.29) is 18.1 Å². The van der Waals surface area contributed by atoms with Crippen LogP contribution in [-0.2, 0) is 4.79 Å². The van der Waals surface area contributed by atoms with Crippen LogP contribution in [0.5, 0.6) is 0 Å². The van der Waals surface area contributed by atoms with Gasteiger partial charge in [0.05, 0.1) is 6.54 Å². The average Bonchev–Trinajstić information content (AvgIpc) is 2.53. The normalized spacial score (nSPS) is 16.6. The Morgan fingerprint density at radius 3 is 2.12 bits per heavy atom. The second kappa shape index (κ2) is 8.44. The molecule has 0 radical (unpaired) electrons. The summed E-state index contributed by atoms with van der Waals surface area (Å²) in [5.74, 6) is -0.198. The summed E-state index contributed by atoms with van der Waals surface area (Å²) in [6, 6.07) is 6.64. The van der Waals surface area contributed by atoms with Crippen molar-refractivity contribution >= 4 is 17.4 Å². The van der Waals surface area contributed by atoms with Gasteiger partial charge in [0, 0.05) is 50.4 Å². The molecule has 5 nitrogen and oxygen atoms in total. The topological polar surface area (TPSA) is 52.7 Å². The molecule has 0 aliphatic carbocycles. The zero-order valence-corrected chi connectivity index (χ0v) is 14.1. The highest BCUT2D eigenvalue weighted by Crippen LogP contribution is 2.17. The van der Waals surface area contributed by atoms with Crippen LogP contribution in [0.2, 0.25) is 0 Å². The summed E-state index contributed by atoms with van der Waals surface area (Å²) in [5, 5.41) is 2.75. The Bertz CT molecular complexity index is 594. The highest BCUT2D eigenvalue weighted by Gasteiger charge is 2.32. The van der Waals surface area contributed by atoms with Gasteiger partial charge in [-0.1, -0.05) is 0 Å². The number of anilines is 1. The summed E-state index contributed by atoms with van der Waals surface area (Å²) < 4.78 is 37.0. The van der Waals surface area contributed by atoms with Gasteiger partial charge in [-0.25, -0.2) is 0 Å². The van der Waals surface area contributed by atoms with Gasteiger partial charge in [-0.15, -0.1) is 0 Å². The van der Waals surface area contributed by atoms with Gasteiger partial charge in [-0.2, -0.15) is 13.2 Å². The van der Waals surface area contributed by atoms with Crippen molar-refractivity contribution in [3.05, 3.63) is 29.8 Å². The molecule has 1 aromatic rings. The van der Waals surface area contributed by atoms with Crippen LogP contribution < -0.4 is 5.32 Å². The predicted molar refractivity (Wildman–Crippen MR) is 88.6 cm³/mol. The van der Waals surface area contributed by atoms with E-state index in [0.717, 1.165) is 0 Å². The molecule has 0 spiro atoms. The van der Waals surface area contributed by atoms with Crippen LogP contribution >= 0.6 is 0 Å². The Hall–Kier alpha value is -1.93. The molecule has 0 atom stereocenters. The number of hydrogen-bond acceptors (Lipinski definition) is 4. The molecule has 1 N–H and O–H groups in total. The fraction of sp³-hybridized carbons (Fsp3) is 0.529. The number of benzene rings is 1. The van der Waals surface area contributed by atoms with Crippen molar-refractivity contribution in [2.75, 3.05) is 44.6 Å². The van der Waals surface area contributed by atoms with Gasteiger partial charge in [0.15, 0.2) is 5.78 Å². The van der Waals surface area contributed by atoms with E-state index < -0.39 is 12.7 Å². The first-order valence-electron chi connectivity index (χ1n) is 8.15. The van der Waals surface area contributed by atoms with Gasteiger partial charge in [0.1, 0.15) is 0 Å². The van der Waals surface area contributed by atoms with Crippen molar-refractivity contribution in [3.8, 4) is 0 Å². The van der Waals surface area contributed by atoms with E-state index in [1.54, 1.807) is 24.3 Å². The van der Waals surface area contributed by atoms with E-state index in [0.29, 0.717) is 44.0 Å². The Kier molecular flexibility index (Phi) is 6.55. The van der Waals surface area contributed by atoms with Crippen molar-refractivity contribution in [3.63, 3.8) is 0 Å². The molecule has 1 aliphatic rings. The molecular formula is C17H22F3N3O2. The lowest BCUT2D eigenvalue weighted by molar-refractivity contribution is -0.149. The van der Waals surface area contributed by atoms with Gasteiger partial charge >= 0.3 is 6.18 Å². The minimum atomic E-state index is -4.17. The smallest absolute Gasteiger partial charge is 0.326 e. The molecule has 25 heavy (non-hydrogen) atoms. The number of nitrogens with one attached hydrogen (secondary N) is 1. The van der Waals surface area contributed by atoms with Crippen molar-refractivity contribution in [2.45, 2.75) is 19.5 Å². The third-order valence-corrected chi connectivity index (χ3v) is 4.10. The van der Waals surface area contributed by atoms with Crippen molar-refractivity contribution in [2.24, 2.45) is 0 Å². The average molecular weight is 357 g/mol. The standard InChI is InChI=1S/C17H22F3N3O2/c1-13(24)14-2-4-15(5-3-14)21-16(25)6-7-22-8-10-23(11-9-22)12-17(18,19)20/h2-5H,6-12H2,1H3,(H,21,25). The lowest BCUT2D eigenvalue weighted by Gasteiger charge is -2.34. The third-order valence-electron chi connectivity index (χ3n) is 4.10. The first kappa shape index (κ1) is 19.4. The van der Waals surface area contributed by atoms with E-state index in [1.807, 2.05) is 4.90 Å². The van der Waals surface area contributed by atoms with Crippen molar-refractivity contribution in [1.82, 2.24) is 9.80 Å². The molecule has 8 heteroatoms. The molecule has 0 bridgehead atoms. The summed E-state index contributed by atoms with van der Waals surface area (Å²) in [5.41, 5.74) is 1.19. The van der Waals surface area contributed by atoms with Gasteiger partial charge < -0.3 is 10.2 Å². The Balaban J connectivity index is 1.69. The first-order chi connectivity index (χ1) is 11.7. The number of carbonyl (C=O) groups excluding carboxylic acids is 2. The second-order valence-electron chi connectivity index (χ2n) is 6.16. The molecular weight excluding hydrogens is 335 g/mol. The van der Waals surface area contributed by atoms with E-state index in [9.17, 15) is 22.8 Å². The SMILES string of the molecule is CC(=O)c1ccc(NC(=O)CCN2CCN(CC(F)(F)F)CC2)cc1. The molecule has 1 saturated heterocycles. The Morgan fingerprint density at radius 2 is 1.60 bits per heavy atom. The van der Waals surface area contributed by atoms with E-state index in [2.05, 4.69) is 5.32 Å². The number of piperazine rings is 1. The molecule has 1 heterocycles. The van der Waals surface area contributed by atoms with Crippen LogP contribution in [0.1, 0.15) is 23.7 Å². The maximum atomic E-state index is 12.3. The van der Waals surface area contributed by atoms with Gasteiger partial charge in [0.25, 0.3) is 0 Å². The third kappa shape index (κ3) is 6.83. The van der Waals surface area contributed by atoms with Crippen molar-refractivity contribution in [1.29, 1.82) is 0 Å². The van der Waals surface area contributed by atoms with Crippen LogP contribution in [0.25, 0.3) is 0 Å². The molecule has 1 aromatic carbocycles. The van der Waals surface area contributed by atoms with Gasteiger partial charge in [-0.3, -0.25) is 14.5 Å². The molecule has 0 unspecified atom stereocenters. The minimum absolute atomic E-state index is 0.0393. The van der Waals surface area contributed by atoms with Gasteiger partial charge in [-0.05, 0) is 31.2 Å². The number of rotatable bonds is 6. The quantitative estimate of drug-likeness (QED) is 0.795. The highest BCUT2D eigenvalue weighted by atomic mass is 19.4. The van der Waals surface area contributed by atoms with E-state index in [1.165, 1.54) is 11.8 Å². The maximum absolute atomic E-state index is 12.3. The highest BCUT2D eigenvalue weighted by molar-refractivity contribution is 5.95. The summed E-state index contributed by atoms with van der Waals surface area (Å²) in [4.78, 5) is 26.5. The second-order valence-corrected chi connectivity index (χ2v) is 6.16. The Labute approximate surface area is 144 Å². The molecule has 1 fully saturated rings. The van der Waals surface area contributed by atoms with Crippen LogP contribution in [0.3, 0.4) is 0 Å². The number of hydrogen-bond donors (Lipinski definition) is 1. The molecule has 2 rings (SSSR count). The summed E-state index contributed by atoms with van der Waals surface area (Å²) in [7, 11) is 0. The van der Waals surface area contributed by atoms with Crippen LogP contribution in [0.15, 0.2) is 24.3 Å². The summed E-state index contributed by atoms with van der Waals surface area (Å²) in [6.45, 7) is 2.87. The number of ketones is 1. The number of halogens is 3. The number of carbonyl (C=O) groups is 2. The first-order valence-corrected chi connectivity index (χ1v) is 8.15. The maximum Gasteiger partial charge on any atom is 0.401 e. The fourth-order valence-electron chi connectivity index (χ4n) is 2.70. The number of Topliss-reactive ketones (excluding diaryl/α,β-unsaturated/α-hetero) is 1. The number of nitrogens with zero attached hydrogens (tertiary/aromatic N) is 2. The van der Waals surface area contributed by atoms with Crippen molar-refractivity contribution < 1.29 is 22.8 Å². The van der Waals surface area contributed by atoms with E-state index in [4.69, 9.17) is 0 Å². The minimum Gasteiger partial charge on any atom is -0.326 e. The molecule has 1 aliphatic heterocycles. The molecule has 1 amide bonds. The monoisotopic (exact) mass is 357 g/mol. The van der Waals surface area contributed by atoms with Crippen LogP contribution in [0.4, 0.5) is 18.9 Å². The number of alkyl halides is 3. The lowest BCUT2D eigenvalue weighted by Crippen LogP contribution is -2.49. The number of amides is 1. The molecule has 0 saturated carbocycles.